The third-order valence-corrected chi connectivity index (χ3v) is 6.94. The number of aliphatic imine (C=N–C) groups is 1. The number of amides is 1. The first-order valence-electron chi connectivity index (χ1n) is 13.4. The van der Waals surface area contributed by atoms with Crippen molar-refractivity contribution in [1.82, 2.24) is 4.90 Å². The number of hydrogen-bond acceptors (Lipinski definition) is 7. The molecule has 0 spiro atoms. The van der Waals surface area contributed by atoms with Crippen molar-refractivity contribution in [2.75, 3.05) is 27.3 Å². The summed E-state index contributed by atoms with van der Waals surface area (Å²) >= 11 is 0. The molecule has 0 aromatic heterocycles. The van der Waals surface area contributed by atoms with Crippen LogP contribution in [-0.4, -0.2) is 54.7 Å². The van der Waals surface area contributed by atoms with E-state index in [-0.39, 0.29) is 37.9 Å². The SMILES string of the molecule is CN(C)C(=O)[C@]1(Cc2ccccc2CN=[N+]=[N-])N=C(c2ccc(OCCCO)cc2)O[C@@H]1c1ccccc1CN=[N+]=[N-]. The van der Waals surface area contributed by atoms with Crippen LogP contribution in [0.5, 0.6) is 5.75 Å². The molecule has 0 aliphatic carbocycles. The van der Waals surface area contributed by atoms with Crippen molar-refractivity contribution in [2.45, 2.75) is 37.6 Å². The third kappa shape index (κ3) is 6.64. The summed E-state index contributed by atoms with van der Waals surface area (Å²) in [5.74, 6) is 0.636. The summed E-state index contributed by atoms with van der Waals surface area (Å²) in [6.07, 6.45) is -0.182. The average Bonchev–Trinajstić information content (AvgIpc) is 3.39. The minimum Gasteiger partial charge on any atom is -0.494 e. The van der Waals surface area contributed by atoms with Crippen LogP contribution < -0.4 is 4.74 Å². The summed E-state index contributed by atoms with van der Waals surface area (Å²) in [6.45, 7) is 0.611. The normalized spacial score (nSPS) is 17.3. The molecule has 3 aromatic rings. The minimum atomic E-state index is -1.44. The van der Waals surface area contributed by atoms with E-state index in [0.29, 0.717) is 35.5 Å². The zero-order valence-electron chi connectivity index (χ0n) is 23.5. The van der Waals surface area contributed by atoms with Gasteiger partial charge in [-0.3, -0.25) is 4.79 Å². The van der Waals surface area contributed by atoms with Crippen molar-refractivity contribution in [3.8, 4) is 5.75 Å². The molecule has 0 fully saturated rings. The smallest absolute Gasteiger partial charge is 0.254 e. The van der Waals surface area contributed by atoms with Gasteiger partial charge in [0.1, 0.15) is 5.75 Å². The monoisotopic (exact) mass is 568 g/mol. The largest absolute Gasteiger partial charge is 0.494 e. The number of azide groups is 2. The van der Waals surface area contributed by atoms with Crippen molar-refractivity contribution < 1.29 is 19.4 Å². The van der Waals surface area contributed by atoms with Gasteiger partial charge in [0.15, 0.2) is 11.6 Å². The lowest BCUT2D eigenvalue weighted by molar-refractivity contribution is -0.137. The molecule has 0 bridgehead atoms. The van der Waals surface area contributed by atoms with Crippen LogP contribution in [0.2, 0.25) is 0 Å². The number of aliphatic hydroxyl groups is 1. The van der Waals surface area contributed by atoms with Crippen molar-refractivity contribution in [3.63, 3.8) is 0 Å². The summed E-state index contributed by atoms with van der Waals surface area (Å²) in [5.41, 5.74) is 20.1. The molecule has 216 valence electrons. The summed E-state index contributed by atoms with van der Waals surface area (Å²) in [5, 5.41) is 16.5. The Labute approximate surface area is 243 Å². The first-order chi connectivity index (χ1) is 20.4. The van der Waals surface area contributed by atoms with Gasteiger partial charge < -0.3 is 19.5 Å². The fourth-order valence-electron chi connectivity index (χ4n) is 4.96. The topological polar surface area (TPSA) is 169 Å². The van der Waals surface area contributed by atoms with Gasteiger partial charge in [0.25, 0.3) is 5.91 Å². The van der Waals surface area contributed by atoms with E-state index in [1.54, 1.807) is 26.2 Å². The molecule has 0 unspecified atom stereocenters. The van der Waals surface area contributed by atoms with Crippen molar-refractivity contribution in [1.29, 1.82) is 0 Å². The Morgan fingerprint density at radius 2 is 1.60 bits per heavy atom. The van der Waals surface area contributed by atoms with Gasteiger partial charge >= 0.3 is 0 Å². The molecule has 1 N–H and O–H groups in total. The third-order valence-electron chi connectivity index (χ3n) is 6.94. The Morgan fingerprint density at radius 1 is 0.976 bits per heavy atom. The van der Waals surface area contributed by atoms with Gasteiger partial charge in [-0.15, -0.1) is 0 Å². The molecule has 2 atom stereocenters. The van der Waals surface area contributed by atoms with Crippen LogP contribution in [0.3, 0.4) is 0 Å². The van der Waals surface area contributed by atoms with E-state index in [4.69, 9.17) is 30.6 Å². The number of benzene rings is 3. The van der Waals surface area contributed by atoms with Gasteiger partial charge in [-0.2, -0.15) is 0 Å². The van der Waals surface area contributed by atoms with E-state index < -0.39 is 11.6 Å². The van der Waals surface area contributed by atoms with Gasteiger partial charge in [-0.05, 0) is 57.6 Å². The summed E-state index contributed by atoms with van der Waals surface area (Å²) in [7, 11) is 3.34. The van der Waals surface area contributed by atoms with E-state index in [1.165, 1.54) is 4.90 Å². The second kappa shape index (κ2) is 14.0. The number of hydrogen-bond donors (Lipinski definition) is 1. The maximum absolute atomic E-state index is 14.2. The summed E-state index contributed by atoms with van der Waals surface area (Å²) < 4.78 is 12.3. The standard InChI is InChI=1S/C30H32N8O4/c1-38(2)29(40)30(18-22-8-3-4-9-23(22)19-33-36-31)27(26-11-6-5-10-24(26)20-34-37-32)42-28(35-30)21-12-14-25(15-13-21)41-17-7-16-39/h3-6,8-15,27,39H,7,16-20H2,1-2H3/t27-,30-/m1/s1. The molecule has 1 aliphatic rings. The number of rotatable bonds is 13. The van der Waals surface area contributed by atoms with Crippen molar-refractivity contribution in [3.05, 3.63) is 121 Å². The highest BCUT2D eigenvalue weighted by molar-refractivity contribution is 6.01. The summed E-state index contributed by atoms with van der Waals surface area (Å²) in [6, 6.07) is 22.0. The van der Waals surface area contributed by atoms with Crippen molar-refractivity contribution >= 4 is 11.8 Å². The predicted molar refractivity (Wildman–Crippen MR) is 158 cm³/mol. The molecule has 42 heavy (non-hydrogen) atoms. The fourth-order valence-corrected chi connectivity index (χ4v) is 4.96. The van der Waals surface area contributed by atoms with Crippen LogP contribution in [0, 0.1) is 0 Å². The van der Waals surface area contributed by atoms with Gasteiger partial charge in [0, 0.05) is 48.9 Å². The Balaban J connectivity index is 1.87. The van der Waals surface area contributed by atoms with Crippen LogP contribution in [-0.2, 0) is 29.0 Å². The molecule has 0 radical (unpaired) electrons. The highest BCUT2D eigenvalue weighted by Crippen LogP contribution is 2.45. The predicted octanol–water partition coefficient (Wildman–Crippen LogP) is 5.66. The fraction of sp³-hybridized carbons (Fsp3) is 0.333. The van der Waals surface area contributed by atoms with Crippen molar-refractivity contribution in [2.24, 2.45) is 15.2 Å². The molecule has 0 saturated carbocycles. The Bertz CT molecular complexity index is 1530. The Hall–Kier alpha value is -5.02. The first-order valence-corrected chi connectivity index (χ1v) is 13.4. The maximum Gasteiger partial charge on any atom is 0.254 e. The zero-order chi connectivity index (χ0) is 30.0. The molecular formula is C30H32N8O4. The van der Waals surface area contributed by atoms with Gasteiger partial charge in [0.2, 0.25) is 5.90 Å². The highest BCUT2D eigenvalue weighted by Gasteiger charge is 2.54. The number of carbonyl (C=O) groups is 1. The molecule has 4 rings (SSSR count). The number of ether oxygens (including phenoxy) is 2. The van der Waals surface area contributed by atoms with Crippen LogP contribution in [0.25, 0.3) is 20.9 Å². The minimum absolute atomic E-state index is 0.0409. The van der Waals surface area contributed by atoms with Crippen LogP contribution >= 0.6 is 0 Å². The average molecular weight is 569 g/mol. The second-order valence-corrected chi connectivity index (χ2v) is 9.91. The Morgan fingerprint density at radius 3 is 2.24 bits per heavy atom. The molecule has 0 saturated heterocycles. The lowest BCUT2D eigenvalue weighted by Crippen LogP contribution is -2.49. The van der Waals surface area contributed by atoms with Crippen LogP contribution in [0.1, 0.15) is 40.3 Å². The van der Waals surface area contributed by atoms with Gasteiger partial charge in [-0.1, -0.05) is 58.8 Å². The van der Waals surface area contributed by atoms with E-state index in [0.717, 1.165) is 11.1 Å². The number of carbonyl (C=O) groups excluding carboxylic acids is 1. The molecule has 1 heterocycles. The molecule has 3 aromatic carbocycles. The van der Waals surface area contributed by atoms with Gasteiger partial charge in [0.05, 0.1) is 19.7 Å². The Kier molecular flexibility index (Phi) is 10.0. The molecule has 12 heteroatoms. The number of likely N-dealkylation sites (N-methyl/N-ethyl adjacent to an activating group) is 1. The second-order valence-electron chi connectivity index (χ2n) is 9.91. The molecule has 1 amide bonds. The number of aliphatic hydroxyl groups excluding tert-OH is 1. The van der Waals surface area contributed by atoms with Gasteiger partial charge in [-0.25, -0.2) is 4.99 Å². The van der Waals surface area contributed by atoms with Crippen LogP contribution in [0.4, 0.5) is 0 Å². The van der Waals surface area contributed by atoms with E-state index in [1.807, 2.05) is 60.7 Å². The van der Waals surface area contributed by atoms with Crippen LogP contribution in [0.15, 0.2) is 88.0 Å². The molecule has 1 aliphatic heterocycles. The summed E-state index contributed by atoms with van der Waals surface area (Å²) in [4.78, 5) is 26.6. The maximum atomic E-state index is 14.2. The highest BCUT2D eigenvalue weighted by atomic mass is 16.5. The first kappa shape index (κ1) is 30.0. The van der Waals surface area contributed by atoms with E-state index >= 15 is 0 Å². The number of nitrogens with zero attached hydrogens (tertiary/aromatic N) is 8. The van der Waals surface area contributed by atoms with E-state index in [2.05, 4.69) is 20.1 Å². The lowest BCUT2D eigenvalue weighted by Gasteiger charge is -2.34. The zero-order valence-corrected chi connectivity index (χ0v) is 23.5. The van der Waals surface area contributed by atoms with E-state index in [9.17, 15) is 4.79 Å². The quantitative estimate of drug-likeness (QED) is 0.122. The molecular weight excluding hydrogens is 536 g/mol. The molecule has 12 nitrogen and oxygen atoms in total. The lowest BCUT2D eigenvalue weighted by atomic mass is 9.79.